The van der Waals surface area contributed by atoms with Crippen LogP contribution in [-0.4, -0.2) is 17.1 Å². The molecular formula is C17H19NO2. The van der Waals surface area contributed by atoms with Crippen molar-refractivity contribution in [3.8, 4) is 0 Å². The fraction of sp³-hybridized carbons (Fsp3) is 0.235. The molecule has 0 aliphatic carbocycles. The molecule has 2 rings (SSSR count). The van der Waals surface area contributed by atoms with Crippen LogP contribution >= 0.6 is 0 Å². The number of nitrogens with zero attached hydrogens (tertiary/aromatic N) is 1. The van der Waals surface area contributed by atoms with E-state index in [0.29, 0.717) is 0 Å². The number of hydrogen-bond donors (Lipinski definition) is 1. The number of anilines is 2. The summed E-state index contributed by atoms with van der Waals surface area (Å²) in [4.78, 5) is 13.4. The predicted molar refractivity (Wildman–Crippen MR) is 81.6 cm³/mol. The quantitative estimate of drug-likeness (QED) is 0.914. The SMILES string of the molecule is Cc1ccccc1N(c1ccccc1C)C(C)C(=O)O. The lowest BCUT2D eigenvalue weighted by molar-refractivity contribution is -0.137. The van der Waals surface area contributed by atoms with Crippen molar-refractivity contribution in [3.05, 3.63) is 59.7 Å². The lowest BCUT2D eigenvalue weighted by atomic mass is 10.1. The highest BCUT2D eigenvalue weighted by Crippen LogP contribution is 2.32. The van der Waals surface area contributed by atoms with Crippen LogP contribution in [0.4, 0.5) is 11.4 Å². The summed E-state index contributed by atoms with van der Waals surface area (Å²) in [6.45, 7) is 5.70. The number of benzene rings is 2. The molecule has 1 N–H and O–H groups in total. The predicted octanol–water partition coefficient (Wildman–Crippen LogP) is 3.91. The Morgan fingerprint density at radius 1 is 0.950 bits per heavy atom. The minimum absolute atomic E-state index is 0.628. The first-order valence-electron chi connectivity index (χ1n) is 6.65. The maximum Gasteiger partial charge on any atom is 0.326 e. The average Bonchev–Trinajstić information content (AvgIpc) is 2.43. The van der Waals surface area contributed by atoms with E-state index >= 15 is 0 Å². The van der Waals surface area contributed by atoms with Crippen molar-refractivity contribution < 1.29 is 9.90 Å². The summed E-state index contributed by atoms with van der Waals surface area (Å²) in [6.07, 6.45) is 0. The Hall–Kier alpha value is -2.29. The lowest BCUT2D eigenvalue weighted by Gasteiger charge is -2.31. The van der Waals surface area contributed by atoms with Gasteiger partial charge in [0.1, 0.15) is 6.04 Å². The zero-order chi connectivity index (χ0) is 14.7. The molecule has 3 heteroatoms. The topological polar surface area (TPSA) is 40.5 Å². The minimum atomic E-state index is -0.837. The third-order valence-electron chi connectivity index (χ3n) is 3.49. The minimum Gasteiger partial charge on any atom is -0.480 e. The summed E-state index contributed by atoms with van der Waals surface area (Å²) in [6, 6.07) is 15.1. The third kappa shape index (κ3) is 2.67. The molecule has 1 unspecified atom stereocenters. The Balaban J connectivity index is 2.60. The largest absolute Gasteiger partial charge is 0.480 e. The molecule has 0 radical (unpaired) electrons. The van der Waals surface area contributed by atoms with Crippen LogP contribution < -0.4 is 4.90 Å². The molecule has 0 heterocycles. The van der Waals surface area contributed by atoms with Crippen molar-refractivity contribution in [1.29, 1.82) is 0 Å². The average molecular weight is 269 g/mol. The number of carboxylic acids is 1. The van der Waals surface area contributed by atoms with Crippen molar-refractivity contribution in [3.63, 3.8) is 0 Å². The molecule has 1 atom stereocenters. The van der Waals surface area contributed by atoms with Crippen LogP contribution in [-0.2, 0) is 4.79 Å². The highest BCUT2D eigenvalue weighted by atomic mass is 16.4. The molecule has 0 saturated heterocycles. The van der Waals surface area contributed by atoms with Crippen molar-refractivity contribution in [2.45, 2.75) is 26.8 Å². The summed E-state index contributed by atoms with van der Waals surface area (Å²) in [5, 5.41) is 9.42. The second-order valence-corrected chi connectivity index (χ2v) is 4.96. The van der Waals surface area contributed by atoms with Crippen LogP contribution in [0.1, 0.15) is 18.1 Å². The number of rotatable bonds is 4. The van der Waals surface area contributed by atoms with E-state index in [1.807, 2.05) is 67.3 Å². The number of carbonyl (C=O) groups is 1. The number of para-hydroxylation sites is 2. The number of aryl methyl sites for hydroxylation is 2. The summed E-state index contributed by atoms with van der Waals surface area (Å²) >= 11 is 0. The Bertz CT molecular complexity index is 576. The van der Waals surface area contributed by atoms with Gasteiger partial charge in [-0.3, -0.25) is 0 Å². The summed E-state index contributed by atoms with van der Waals surface area (Å²) in [5.41, 5.74) is 3.97. The van der Waals surface area contributed by atoms with Crippen LogP contribution in [0.3, 0.4) is 0 Å². The summed E-state index contributed by atoms with van der Waals surface area (Å²) in [5.74, 6) is -0.837. The van der Waals surface area contributed by atoms with Gasteiger partial charge in [-0.2, -0.15) is 0 Å². The Morgan fingerprint density at radius 2 is 1.35 bits per heavy atom. The van der Waals surface area contributed by atoms with E-state index in [0.717, 1.165) is 22.5 Å². The lowest BCUT2D eigenvalue weighted by Crippen LogP contribution is -2.36. The van der Waals surface area contributed by atoms with Gasteiger partial charge in [0.15, 0.2) is 0 Å². The molecule has 2 aromatic rings. The summed E-state index contributed by atoms with van der Waals surface area (Å²) in [7, 11) is 0. The van der Waals surface area contributed by atoms with E-state index in [4.69, 9.17) is 0 Å². The number of carboxylic acid groups (broad SMARTS) is 1. The Morgan fingerprint density at radius 3 is 1.70 bits per heavy atom. The summed E-state index contributed by atoms with van der Waals surface area (Å²) < 4.78 is 0. The molecule has 0 spiro atoms. The van der Waals surface area contributed by atoms with Gasteiger partial charge < -0.3 is 10.0 Å². The third-order valence-corrected chi connectivity index (χ3v) is 3.49. The van der Waals surface area contributed by atoms with Crippen LogP contribution in [0, 0.1) is 13.8 Å². The molecule has 0 bridgehead atoms. The van der Waals surface area contributed by atoms with E-state index in [9.17, 15) is 9.90 Å². The smallest absolute Gasteiger partial charge is 0.326 e. The number of aliphatic carboxylic acids is 1. The van der Waals surface area contributed by atoms with E-state index in [1.165, 1.54) is 0 Å². The van der Waals surface area contributed by atoms with Crippen molar-refractivity contribution in [2.75, 3.05) is 4.90 Å². The van der Waals surface area contributed by atoms with Crippen molar-refractivity contribution in [2.24, 2.45) is 0 Å². The second-order valence-electron chi connectivity index (χ2n) is 4.96. The van der Waals surface area contributed by atoms with Gasteiger partial charge in [-0.15, -0.1) is 0 Å². The van der Waals surface area contributed by atoms with Gasteiger partial charge in [-0.25, -0.2) is 4.79 Å². The van der Waals surface area contributed by atoms with Crippen molar-refractivity contribution in [1.82, 2.24) is 0 Å². The van der Waals surface area contributed by atoms with Crippen LogP contribution in [0.2, 0.25) is 0 Å². The Kier molecular flexibility index (Phi) is 4.08. The second kappa shape index (κ2) is 5.78. The monoisotopic (exact) mass is 269 g/mol. The Labute approximate surface area is 119 Å². The van der Waals surface area contributed by atoms with Gasteiger partial charge in [-0.05, 0) is 44.0 Å². The van der Waals surface area contributed by atoms with Crippen LogP contribution in [0.5, 0.6) is 0 Å². The van der Waals surface area contributed by atoms with Gasteiger partial charge in [0.2, 0.25) is 0 Å². The molecule has 20 heavy (non-hydrogen) atoms. The van der Waals surface area contributed by atoms with Gasteiger partial charge in [0, 0.05) is 11.4 Å². The molecule has 0 fully saturated rings. The van der Waals surface area contributed by atoms with Gasteiger partial charge in [-0.1, -0.05) is 36.4 Å². The van der Waals surface area contributed by atoms with E-state index in [-0.39, 0.29) is 0 Å². The number of hydrogen-bond acceptors (Lipinski definition) is 2. The fourth-order valence-corrected chi connectivity index (χ4v) is 2.32. The normalized spacial score (nSPS) is 11.9. The molecule has 0 aromatic heterocycles. The molecule has 2 aromatic carbocycles. The zero-order valence-electron chi connectivity index (χ0n) is 12.0. The van der Waals surface area contributed by atoms with Crippen molar-refractivity contribution >= 4 is 17.3 Å². The van der Waals surface area contributed by atoms with Crippen LogP contribution in [0.15, 0.2) is 48.5 Å². The first-order valence-corrected chi connectivity index (χ1v) is 6.65. The molecule has 0 saturated carbocycles. The molecule has 104 valence electrons. The molecule has 0 aliphatic heterocycles. The molecular weight excluding hydrogens is 250 g/mol. The van der Waals surface area contributed by atoms with E-state index < -0.39 is 12.0 Å². The first-order chi connectivity index (χ1) is 9.52. The highest BCUT2D eigenvalue weighted by molar-refractivity contribution is 5.83. The molecule has 0 amide bonds. The van der Waals surface area contributed by atoms with E-state index in [2.05, 4.69) is 0 Å². The zero-order valence-corrected chi connectivity index (χ0v) is 12.0. The first kappa shape index (κ1) is 14.1. The maximum atomic E-state index is 11.5. The highest BCUT2D eigenvalue weighted by Gasteiger charge is 2.24. The fourth-order valence-electron chi connectivity index (χ4n) is 2.32. The van der Waals surface area contributed by atoms with E-state index in [1.54, 1.807) is 6.92 Å². The van der Waals surface area contributed by atoms with Crippen LogP contribution in [0.25, 0.3) is 0 Å². The van der Waals surface area contributed by atoms with Gasteiger partial charge in [0.05, 0.1) is 0 Å². The standard InChI is InChI=1S/C17H19NO2/c1-12-8-4-6-10-15(12)18(14(3)17(19)20)16-11-7-5-9-13(16)2/h4-11,14H,1-3H3,(H,19,20). The van der Waals surface area contributed by atoms with Gasteiger partial charge >= 0.3 is 5.97 Å². The maximum absolute atomic E-state index is 11.5. The molecule has 0 aliphatic rings. The molecule has 3 nitrogen and oxygen atoms in total. The van der Waals surface area contributed by atoms with Gasteiger partial charge in [0.25, 0.3) is 0 Å².